The van der Waals surface area contributed by atoms with E-state index in [1.54, 1.807) is 48.0 Å². The lowest BCUT2D eigenvalue weighted by Crippen LogP contribution is -2.14. The fourth-order valence-electron chi connectivity index (χ4n) is 2.72. The van der Waals surface area contributed by atoms with Gasteiger partial charge in [0, 0.05) is 0 Å². The number of nitrogens with one attached hydrogen (secondary N) is 1. The van der Waals surface area contributed by atoms with E-state index >= 15 is 0 Å². The zero-order valence-corrected chi connectivity index (χ0v) is 17.5. The number of aromatic nitrogens is 2. The summed E-state index contributed by atoms with van der Waals surface area (Å²) in [5.41, 5.74) is 3.71. The number of aryl methyl sites for hydroxylation is 2. The largest absolute Gasteiger partial charge is 0.276 e. The first-order valence-electron chi connectivity index (χ1n) is 8.25. The third-order valence-corrected chi connectivity index (χ3v) is 6.37. The van der Waals surface area contributed by atoms with Gasteiger partial charge in [-0.2, -0.15) is 5.10 Å². The molecule has 1 heterocycles. The highest BCUT2D eigenvalue weighted by Crippen LogP contribution is 2.26. The van der Waals surface area contributed by atoms with Gasteiger partial charge in [-0.3, -0.25) is 9.40 Å². The molecular formula is C19H19Cl2N3O2S. The average molecular weight is 424 g/mol. The van der Waals surface area contributed by atoms with Gasteiger partial charge in [-0.25, -0.2) is 8.42 Å². The molecule has 5 nitrogen and oxygen atoms in total. The maximum Gasteiger partial charge on any atom is 0.262 e. The second-order valence-electron chi connectivity index (χ2n) is 6.37. The number of nitrogens with zero attached hydrogens (tertiary/aromatic N) is 2. The van der Waals surface area contributed by atoms with E-state index in [4.69, 9.17) is 23.2 Å². The minimum absolute atomic E-state index is 0.212. The van der Waals surface area contributed by atoms with Crippen LogP contribution in [0.5, 0.6) is 0 Å². The lowest BCUT2D eigenvalue weighted by Gasteiger charge is -2.10. The van der Waals surface area contributed by atoms with Crippen molar-refractivity contribution in [2.24, 2.45) is 0 Å². The lowest BCUT2D eigenvalue weighted by atomic mass is 10.2. The minimum atomic E-state index is -3.69. The van der Waals surface area contributed by atoms with Crippen molar-refractivity contribution in [2.45, 2.75) is 32.2 Å². The first kappa shape index (κ1) is 19.7. The molecule has 0 unspecified atom stereocenters. The standard InChI is InChI=1S/C19H19Cl2N3O2S/c1-12-4-7-16(8-5-12)27(25,26)23-19-13(2)22-24(14(19)3)11-15-6-9-17(20)18(21)10-15/h4-10,23H,11H2,1-3H3. The lowest BCUT2D eigenvalue weighted by molar-refractivity contribution is 0.601. The Balaban J connectivity index is 1.89. The van der Waals surface area contributed by atoms with Crippen molar-refractivity contribution in [3.8, 4) is 0 Å². The van der Waals surface area contributed by atoms with Crippen LogP contribution in [0.25, 0.3) is 0 Å². The van der Waals surface area contributed by atoms with Gasteiger partial charge in [-0.15, -0.1) is 0 Å². The van der Waals surface area contributed by atoms with Crippen LogP contribution in [0.1, 0.15) is 22.5 Å². The Kier molecular flexibility index (Phi) is 5.51. The molecule has 0 bridgehead atoms. The molecule has 0 spiro atoms. The van der Waals surface area contributed by atoms with Gasteiger partial charge < -0.3 is 0 Å². The van der Waals surface area contributed by atoms with Crippen LogP contribution in [0, 0.1) is 20.8 Å². The Bertz CT molecular complexity index is 1090. The summed E-state index contributed by atoms with van der Waals surface area (Å²) in [6.45, 7) is 5.96. The summed E-state index contributed by atoms with van der Waals surface area (Å²) in [6.07, 6.45) is 0. The van der Waals surface area contributed by atoms with Crippen LogP contribution < -0.4 is 4.72 Å². The summed E-state index contributed by atoms with van der Waals surface area (Å²) in [7, 11) is -3.69. The van der Waals surface area contributed by atoms with Crippen LogP contribution >= 0.6 is 23.2 Å². The first-order valence-corrected chi connectivity index (χ1v) is 10.5. The smallest absolute Gasteiger partial charge is 0.262 e. The van der Waals surface area contributed by atoms with Gasteiger partial charge >= 0.3 is 0 Å². The molecular weight excluding hydrogens is 405 g/mol. The number of sulfonamides is 1. The molecule has 0 aliphatic rings. The molecule has 8 heteroatoms. The van der Waals surface area contributed by atoms with Crippen molar-refractivity contribution in [1.82, 2.24) is 9.78 Å². The number of hydrogen-bond donors (Lipinski definition) is 1. The molecule has 3 rings (SSSR count). The zero-order chi connectivity index (χ0) is 19.8. The predicted octanol–water partition coefficient (Wildman–Crippen LogP) is 4.96. The van der Waals surface area contributed by atoms with Gasteiger partial charge in [-0.05, 0) is 50.6 Å². The Hall–Kier alpha value is -2.02. The molecule has 0 fully saturated rings. The third-order valence-electron chi connectivity index (χ3n) is 4.27. The van der Waals surface area contributed by atoms with E-state index in [1.165, 1.54) is 0 Å². The maximum atomic E-state index is 12.7. The number of halogens is 2. The molecule has 0 aliphatic carbocycles. The second-order valence-corrected chi connectivity index (χ2v) is 8.87. The molecule has 0 saturated carbocycles. The molecule has 3 aromatic rings. The van der Waals surface area contributed by atoms with Crippen LogP contribution in [-0.4, -0.2) is 18.2 Å². The van der Waals surface area contributed by atoms with Crippen LogP contribution in [0.4, 0.5) is 5.69 Å². The van der Waals surface area contributed by atoms with Gasteiger partial charge in [0.1, 0.15) is 0 Å². The molecule has 0 atom stereocenters. The quantitative estimate of drug-likeness (QED) is 0.630. The summed E-state index contributed by atoms with van der Waals surface area (Å²) in [6, 6.07) is 12.1. The fourth-order valence-corrected chi connectivity index (χ4v) is 4.22. The van der Waals surface area contributed by atoms with E-state index in [0.29, 0.717) is 33.7 Å². The normalized spacial score (nSPS) is 11.6. The van der Waals surface area contributed by atoms with Crippen molar-refractivity contribution >= 4 is 38.9 Å². The SMILES string of the molecule is Cc1ccc(S(=O)(=O)Nc2c(C)nn(Cc3ccc(Cl)c(Cl)c3)c2C)cc1. The van der Waals surface area contributed by atoms with Gasteiger partial charge in [0.05, 0.1) is 38.6 Å². The summed E-state index contributed by atoms with van der Waals surface area (Å²) in [4.78, 5) is 0.212. The van der Waals surface area contributed by atoms with Crippen LogP contribution in [0.3, 0.4) is 0 Å². The van der Waals surface area contributed by atoms with E-state index in [0.717, 1.165) is 11.1 Å². The van der Waals surface area contributed by atoms with Crippen molar-refractivity contribution < 1.29 is 8.42 Å². The Labute approximate surface area is 169 Å². The van der Waals surface area contributed by atoms with Gasteiger partial charge in [0.2, 0.25) is 0 Å². The molecule has 27 heavy (non-hydrogen) atoms. The molecule has 0 aliphatic heterocycles. The summed E-state index contributed by atoms with van der Waals surface area (Å²) < 4.78 is 29.8. The molecule has 142 valence electrons. The van der Waals surface area contributed by atoms with E-state index in [2.05, 4.69) is 9.82 Å². The molecule has 1 aromatic heterocycles. The molecule has 2 aromatic carbocycles. The molecule has 0 radical (unpaired) electrons. The van der Waals surface area contributed by atoms with E-state index < -0.39 is 10.0 Å². The highest BCUT2D eigenvalue weighted by Gasteiger charge is 2.20. The van der Waals surface area contributed by atoms with E-state index in [1.807, 2.05) is 19.9 Å². The van der Waals surface area contributed by atoms with Crippen LogP contribution in [-0.2, 0) is 16.6 Å². The predicted molar refractivity (Wildman–Crippen MR) is 109 cm³/mol. The molecule has 0 amide bonds. The minimum Gasteiger partial charge on any atom is -0.276 e. The molecule has 1 N–H and O–H groups in total. The topological polar surface area (TPSA) is 64.0 Å². The number of anilines is 1. The average Bonchev–Trinajstić information content (AvgIpc) is 2.86. The van der Waals surface area contributed by atoms with E-state index in [9.17, 15) is 8.42 Å². The Morgan fingerprint density at radius 1 is 1.00 bits per heavy atom. The molecule has 0 saturated heterocycles. The zero-order valence-electron chi connectivity index (χ0n) is 15.1. The second kappa shape index (κ2) is 7.54. The van der Waals surface area contributed by atoms with Gasteiger partial charge in [0.25, 0.3) is 10.0 Å². The highest BCUT2D eigenvalue weighted by molar-refractivity contribution is 7.92. The van der Waals surface area contributed by atoms with Gasteiger partial charge in [-0.1, -0.05) is 47.0 Å². The van der Waals surface area contributed by atoms with Gasteiger partial charge in [0.15, 0.2) is 0 Å². The summed E-state index contributed by atoms with van der Waals surface area (Å²) in [5.74, 6) is 0. The van der Waals surface area contributed by atoms with Crippen LogP contribution in [0.2, 0.25) is 10.0 Å². The number of benzene rings is 2. The Morgan fingerprint density at radius 3 is 2.30 bits per heavy atom. The maximum absolute atomic E-state index is 12.7. The van der Waals surface area contributed by atoms with Crippen molar-refractivity contribution in [3.05, 3.63) is 75.0 Å². The first-order chi connectivity index (χ1) is 12.7. The van der Waals surface area contributed by atoms with Crippen molar-refractivity contribution in [1.29, 1.82) is 0 Å². The highest BCUT2D eigenvalue weighted by atomic mass is 35.5. The third kappa shape index (κ3) is 4.29. The monoisotopic (exact) mass is 423 g/mol. The summed E-state index contributed by atoms with van der Waals surface area (Å²) in [5, 5.41) is 5.42. The van der Waals surface area contributed by atoms with Crippen molar-refractivity contribution in [3.63, 3.8) is 0 Å². The Morgan fingerprint density at radius 2 is 1.67 bits per heavy atom. The van der Waals surface area contributed by atoms with Crippen LogP contribution in [0.15, 0.2) is 47.4 Å². The van der Waals surface area contributed by atoms with E-state index in [-0.39, 0.29) is 4.90 Å². The number of hydrogen-bond acceptors (Lipinski definition) is 3. The fraction of sp³-hybridized carbons (Fsp3) is 0.211. The summed E-state index contributed by atoms with van der Waals surface area (Å²) >= 11 is 12.0. The van der Waals surface area contributed by atoms with Crippen molar-refractivity contribution in [2.75, 3.05) is 4.72 Å². The number of rotatable bonds is 5.